The van der Waals surface area contributed by atoms with Crippen LogP contribution in [0.5, 0.6) is 0 Å². The van der Waals surface area contributed by atoms with Crippen LogP contribution in [-0.4, -0.2) is 77.0 Å². The summed E-state index contributed by atoms with van der Waals surface area (Å²) in [6, 6.07) is 21.8. The van der Waals surface area contributed by atoms with Crippen LogP contribution in [0.15, 0.2) is 79.0 Å². The van der Waals surface area contributed by atoms with E-state index in [1.54, 1.807) is 10.6 Å². The number of benzene rings is 3. The van der Waals surface area contributed by atoms with Gasteiger partial charge in [-0.2, -0.15) is 0 Å². The average molecular weight is 536 g/mol. The third kappa shape index (κ3) is 4.88. The SMILES string of the molecule is CN1CCN(CC(=O)n2ccc3cc(N/C(=C4/C(=O)Nc5cc(C(=O)O)ccc54)c4ccccc4)ccc32)CC1. The van der Waals surface area contributed by atoms with Crippen LogP contribution in [0.4, 0.5) is 11.4 Å². The number of carbonyl (C=O) groups is 3. The number of carboxylic acids is 1. The predicted molar refractivity (Wildman–Crippen MR) is 155 cm³/mol. The fourth-order valence-electron chi connectivity index (χ4n) is 5.29. The summed E-state index contributed by atoms with van der Waals surface area (Å²) in [6.07, 6.45) is 1.81. The quantitative estimate of drug-likeness (QED) is 0.318. The van der Waals surface area contributed by atoms with Crippen molar-refractivity contribution in [2.75, 3.05) is 50.4 Å². The second-order valence-corrected chi connectivity index (χ2v) is 10.2. The molecular weight excluding hydrogens is 506 g/mol. The first-order valence-corrected chi connectivity index (χ1v) is 13.2. The Hall–Kier alpha value is -4.73. The van der Waals surface area contributed by atoms with Crippen LogP contribution in [0.3, 0.4) is 0 Å². The molecule has 2 aliphatic rings. The maximum Gasteiger partial charge on any atom is 0.335 e. The topological polar surface area (TPSA) is 107 Å². The van der Waals surface area contributed by atoms with Gasteiger partial charge in [0.15, 0.2) is 0 Å². The number of fused-ring (bicyclic) bond motifs is 2. The number of aromatic carboxylic acids is 1. The number of aromatic nitrogens is 1. The molecule has 0 spiro atoms. The fourth-order valence-corrected chi connectivity index (χ4v) is 5.29. The Morgan fingerprint density at radius 2 is 1.70 bits per heavy atom. The number of carboxylic acid groups (broad SMARTS) is 1. The van der Waals surface area contributed by atoms with E-state index in [-0.39, 0.29) is 17.4 Å². The molecule has 0 bridgehead atoms. The molecule has 3 heterocycles. The lowest BCUT2D eigenvalue weighted by molar-refractivity contribution is -0.110. The molecule has 1 saturated heterocycles. The third-order valence-electron chi connectivity index (χ3n) is 7.51. The van der Waals surface area contributed by atoms with Gasteiger partial charge in [0.1, 0.15) is 0 Å². The van der Waals surface area contributed by atoms with Gasteiger partial charge in [0.25, 0.3) is 5.91 Å². The highest BCUT2D eigenvalue weighted by Gasteiger charge is 2.29. The first-order valence-electron chi connectivity index (χ1n) is 13.2. The summed E-state index contributed by atoms with van der Waals surface area (Å²) >= 11 is 0. The molecule has 1 fully saturated rings. The minimum Gasteiger partial charge on any atom is -0.478 e. The maximum atomic E-state index is 13.2. The van der Waals surface area contributed by atoms with Crippen LogP contribution in [0.25, 0.3) is 22.2 Å². The van der Waals surface area contributed by atoms with E-state index >= 15 is 0 Å². The Kier molecular flexibility index (Phi) is 6.67. The number of carbonyl (C=O) groups excluding carboxylic acids is 2. The van der Waals surface area contributed by atoms with Crippen LogP contribution >= 0.6 is 0 Å². The highest BCUT2D eigenvalue weighted by Crippen LogP contribution is 2.38. The molecule has 0 radical (unpaired) electrons. The standard InChI is InChI=1S/C31H29N5O4/c1-34-13-15-35(16-14-34)19-27(37)36-12-11-21-17-23(8-10-26(21)36)32-29(20-5-3-2-4-6-20)28-24-9-7-22(31(39)40)18-25(24)33-30(28)38/h2-12,17-18,32H,13-16,19H2,1H3,(H,33,38)(H,39,40)/b29-28+. The van der Waals surface area contributed by atoms with Crippen molar-refractivity contribution in [1.82, 2.24) is 14.4 Å². The second kappa shape index (κ2) is 10.4. The molecule has 9 heteroatoms. The van der Waals surface area contributed by atoms with Crippen molar-refractivity contribution in [1.29, 1.82) is 0 Å². The Morgan fingerprint density at radius 3 is 2.45 bits per heavy atom. The third-order valence-corrected chi connectivity index (χ3v) is 7.51. The lowest BCUT2D eigenvalue weighted by Crippen LogP contribution is -2.46. The van der Waals surface area contributed by atoms with Crippen molar-refractivity contribution in [2.45, 2.75) is 0 Å². The number of anilines is 2. The first kappa shape index (κ1) is 25.5. The normalized spacial score (nSPS) is 17.0. The van der Waals surface area contributed by atoms with E-state index < -0.39 is 5.97 Å². The van der Waals surface area contributed by atoms with E-state index in [4.69, 9.17) is 0 Å². The lowest BCUT2D eigenvalue weighted by atomic mass is 9.99. The average Bonchev–Trinajstić information content (AvgIpc) is 3.53. The van der Waals surface area contributed by atoms with Gasteiger partial charge in [-0.25, -0.2) is 4.79 Å². The van der Waals surface area contributed by atoms with E-state index in [0.717, 1.165) is 48.3 Å². The monoisotopic (exact) mass is 535 g/mol. The van der Waals surface area contributed by atoms with Crippen molar-refractivity contribution in [3.05, 3.63) is 95.7 Å². The molecule has 6 rings (SSSR count). The van der Waals surface area contributed by atoms with Crippen molar-refractivity contribution >= 4 is 51.3 Å². The van der Waals surface area contributed by atoms with Gasteiger partial charge in [-0.15, -0.1) is 0 Å². The Balaban J connectivity index is 1.33. The number of likely N-dealkylation sites (N-methyl/N-ethyl adjacent to an activating group) is 1. The first-order chi connectivity index (χ1) is 19.4. The summed E-state index contributed by atoms with van der Waals surface area (Å²) in [7, 11) is 2.09. The number of nitrogens with zero attached hydrogens (tertiary/aromatic N) is 3. The number of rotatable bonds is 6. The van der Waals surface area contributed by atoms with E-state index in [1.165, 1.54) is 12.1 Å². The molecule has 0 aliphatic carbocycles. The summed E-state index contributed by atoms with van der Waals surface area (Å²) in [5.74, 6) is -1.34. The van der Waals surface area contributed by atoms with Gasteiger partial charge in [-0.1, -0.05) is 36.4 Å². The molecule has 9 nitrogen and oxygen atoms in total. The molecule has 0 atom stereocenters. The summed E-state index contributed by atoms with van der Waals surface area (Å²) in [5.41, 5.74) is 4.61. The number of piperazine rings is 1. The van der Waals surface area contributed by atoms with Gasteiger partial charge in [0, 0.05) is 49.0 Å². The van der Waals surface area contributed by atoms with Crippen LogP contribution in [0.2, 0.25) is 0 Å². The Bertz CT molecular complexity index is 1670. The predicted octanol–water partition coefficient (Wildman–Crippen LogP) is 4.16. The summed E-state index contributed by atoms with van der Waals surface area (Å²) in [6.45, 7) is 4.04. The molecule has 202 valence electrons. The summed E-state index contributed by atoms with van der Waals surface area (Å²) < 4.78 is 1.70. The van der Waals surface area contributed by atoms with Gasteiger partial charge in [-0.05, 0) is 49.0 Å². The van der Waals surface area contributed by atoms with Crippen molar-refractivity contribution in [3.63, 3.8) is 0 Å². The van der Waals surface area contributed by atoms with E-state index in [1.807, 2.05) is 60.8 Å². The largest absolute Gasteiger partial charge is 0.478 e. The molecular formula is C31H29N5O4. The minimum absolute atomic E-state index is 0.0346. The molecule has 4 aromatic rings. The Morgan fingerprint density at radius 1 is 0.925 bits per heavy atom. The minimum atomic E-state index is -1.06. The Labute approximate surface area is 231 Å². The van der Waals surface area contributed by atoms with Crippen LogP contribution < -0.4 is 10.6 Å². The molecule has 0 saturated carbocycles. The van der Waals surface area contributed by atoms with Crippen LogP contribution in [0, 0.1) is 0 Å². The van der Waals surface area contributed by atoms with Crippen LogP contribution in [-0.2, 0) is 4.79 Å². The van der Waals surface area contributed by atoms with Crippen molar-refractivity contribution in [3.8, 4) is 0 Å². The summed E-state index contributed by atoms with van der Waals surface area (Å²) in [4.78, 5) is 42.2. The molecule has 3 aromatic carbocycles. The number of nitrogens with one attached hydrogen (secondary N) is 2. The van der Waals surface area contributed by atoms with E-state index in [2.05, 4.69) is 27.5 Å². The molecule has 3 N–H and O–H groups in total. The highest BCUT2D eigenvalue weighted by atomic mass is 16.4. The zero-order valence-corrected chi connectivity index (χ0v) is 22.1. The zero-order chi connectivity index (χ0) is 27.8. The molecule has 2 aliphatic heterocycles. The molecule has 1 aromatic heterocycles. The smallest absolute Gasteiger partial charge is 0.335 e. The lowest BCUT2D eigenvalue weighted by Gasteiger charge is -2.31. The molecule has 40 heavy (non-hydrogen) atoms. The summed E-state index contributed by atoms with van der Waals surface area (Å²) in [5, 5.41) is 16.5. The highest BCUT2D eigenvalue weighted by molar-refractivity contribution is 6.37. The van der Waals surface area contributed by atoms with Gasteiger partial charge in [0.05, 0.1) is 34.6 Å². The fraction of sp³-hybridized carbons (Fsp3) is 0.194. The van der Waals surface area contributed by atoms with Gasteiger partial charge >= 0.3 is 5.97 Å². The van der Waals surface area contributed by atoms with E-state index in [9.17, 15) is 19.5 Å². The zero-order valence-electron chi connectivity index (χ0n) is 22.1. The number of hydrogen-bond acceptors (Lipinski definition) is 6. The number of amides is 1. The van der Waals surface area contributed by atoms with Crippen molar-refractivity contribution < 1.29 is 19.5 Å². The number of hydrogen-bond donors (Lipinski definition) is 3. The van der Waals surface area contributed by atoms with Crippen molar-refractivity contribution in [2.24, 2.45) is 0 Å². The van der Waals surface area contributed by atoms with Crippen LogP contribution in [0.1, 0.15) is 26.3 Å². The van der Waals surface area contributed by atoms with Gasteiger partial charge in [0.2, 0.25) is 5.91 Å². The van der Waals surface area contributed by atoms with E-state index in [0.29, 0.717) is 29.1 Å². The second-order valence-electron chi connectivity index (χ2n) is 10.2. The molecule has 1 amide bonds. The van der Waals surface area contributed by atoms with Gasteiger partial charge < -0.3 is 20.6 Å². The molecule has 0 unspecified atom stereocenters. The van der Waals surface area contributed by atoms with Gasteiger partial charge in [-0.3, -0.25) is 19.1 Å². The maximum absolute atomic E-state index is 13.2.